The van der Waals surface area contributed by atoms with Crippen molar-refractivity contribution in [2.75, 3.05) is 13.1 Å². The highest BCUT2D eigenvalue weighted by atomic mass is 32.2. The standard InChI is InChI=1S/C13H16N4O6S/c1-8(13(19)20)17(7-6-14-9(2)18)24(21,22)11-5-3-4-10-12(11)16-23-15-10/h3-5,8H,6-7H2,1-2H3,(H,14,18)(H,19,20). The Bertz CT molecular complexity index is 862. The minimum absolute atomic E-state index is 0.0135. The molecule has 0 bridgehead atoms. The smallest absolute Gasteiger partial charge is 0.321 e. The van der Waals surface area contributed by atoms with E-state index in [1.54, 1.807) is 0 Å². The molecule has 1 aromatic heterocycles. The first kappa shape index (κ1) is 17.8. The van der Waals surface area contributed by atoms with Crippen LogP contribution in [0.5, 0.6) is 0 Å². The number of sulfonamides is 1. The molecule has 0 aliphatic carbocycles. The van der Waals surface area contributed by atoms with Crippen molar-refractivity contribution in [1.82, 2.24) is 19.9 Å². The van der Waals surface area contributed by atoms with Gasteiger partial charge >= 0.3 is 5.97 Å². The molecule has 0 aliphatic rings. The molecule has 0 aliphatic heterocycles. The topological polar surface area (TPSA) is 143 Å². The summed E-state index contributed by atoms with van der Waals surface area (Å²) in [5.74, 6) is -1.66. The number of carbonyl (C=O) groups excluding carboxylic acids is 1. The van der Waals surface area contributed by atoms with E-state index < -0.39 is 22.0 Å². The van der Waals surface area contributed by atoms with Crippen LogP contribution in [0.25, 0.3) is 11.0 Å². The van der Waals surface area contributed by atoms with Crippen molar-refractivity contribution in [3.8, 4) is 0 Å². The van der Waals surface area contributed by atoms with Crippen molar-refractivity contribution in [2.45, 2.75) is 24.8 Å². The molecule has 11 heteroatoms. The summed E-state index contributed by atoms with van der Waals surface area (Å²) < 4.78 is 31.1. The first-order valence-electron chi connectivity index (χ1n) is 6.95. The Morgan fingerprint density at radius 2 is 2.08 bits per heavy atom. The lowest BCUT2D eigenvalue weighted by molar-refractivity contribution is -0.140. The summed E-state index contributed by atoms with van der Waals surface area (Å²) in [6, 6.07) is 2.94. The Morgan fingerprint density at radius 3 is 2.71 bits per heavy atom. The number of aromatic nitrogens is 2. The van der Waals surface area contributed by atoms with Crippen LogP contribution in [0, 0.1) is 0 Å². The number of hydrogen-bond donors (Lipinski definition) is 2. The maximum Gasteiger partial charge on any atom is 0.321 e. The molecule has 1 atom stereocenters. The molecule has 0 saturated heterocycles. The Labute approximate surface area is 137 Å². The van der Waals surface area contributed by atoms with E-state index in [0.717, 1.165) is 4.31 Å². The number of amides is 1. The number of rotatable bonds is 7. The van der Waals surface area contributed by atoms with E-state index in [4.69, 9.17) is 0 Å². The number of fused-ring (bicyclic) bond motifs is 1. The molecule has 0 spiro atoms. The molecule has 1 heterocycles. The van der Waals surface area contributed by atoms with Gasteiger partial charge < -0.3 is 10.4 Å². The average Bonchev–Trinajstić information content (AvgIpc) is 2.98. The minimum Gasteiger partial charge on any atom is -0.480 e. The summed E-state index contributed by atoms with van der Waals surface area (Å²) in [6.45, 7) is 2.28. The van der Waals surface area contributed by atoms with Crippen LogP contribution in [0.4, 0.5) is 0 Å². The molecular weight excluding hydrogens is 340 g/mol. The van der Waals surface area contributed by atoms with Crippen LogP contribution in [0.1, 0.15) is 13.8 Å². The Hall–Kier alpha value is -2.53. The highest BCUT2D eigenvalue weighted by Crippen LogP contribution is 2.24. The van der Waals surface area contributed by atoms with Gasteiger partial charge in [0.25, 0.3) is 0 Å². The van der Waals surface area contributed by atoms with Gasteiger partial charge in [0.15, 0.2) is 5.52 Å². The molecule has 2 aromatic rings. The highest BCUT2D eigenvalue weighted by molar-refractivity contribution is 7.89. The van der Waals surface area contributed by atoms with E-state index >= 15 is 0 Å². The van der Waals surface area contributed by atoms with Gasteiger partial charge in [-0.15, -0.1) is 0 Å². The zero-order chi connectivity index (χ0) is 17.9. The van der Waals surface area contributed by atoms with Crippen molar-refractivity contribution in [2.24, 2.45) is 0 Å². The molecule has 2 N–H and O–H groups in total. The fraction of sp³-hybridized carbons (Fsp3) is 0.385. The van der Waals surface area contributed by atoms with Crippen LogP contribution in [-0.4, -0.2) is 59.2 Å². The van der Waals surface area contributed by atoms with Gasteiger partial charge in [-0.2, -0.15) is 4.31 Å². The van der Waals surface area contributed by atoms with Crippen LogP contribution >= 0.6 is 0 Å². The van der Waals surface area contributed by atoms with Crippen molar-refractivity contribution in [1.29, 1.82) is 0 Å². The maximum atomic E-state index is 12.9. The van der Waals surface area contributed by atoms with Gasteiger partial charge in [0.1, 0.15) is 16.5 Å². The van der Waals surface area contributed by atoms with Gasteiger partial charge in [-0.3, -0.25) is 9.59 Å². The highest BCUT2D eigenvalue weighted by Gasteiger charge is 2.34. The molecular formula is C13H16N4O6S. The predicted octanol–water partition coefficient (Wildman–Crippen LogP) is -0.177. The maximum absolute atomic E-state index is 12.9. The molecule has 130 valence electrons. The third kappa shape index (κ3) is 3.51. The van der Waals surface area contributed by atoms with Crippen LogP contribution < -0.4 is 5.32 Å². The van der Waals surface area contributed by atoms with Gasteiger partial charge in [0, 0.05) is 20.0 Å². The molecule has 1 amide bonds. The molecule has 10 nitrogen and oxygen atoms in total. The summed E-state index contributed by atoms with van der Waals surface area (Å²) in [6.07, 6.45) is 0. The van der Waals surface area contributed by atoms with Crippen molar-refractivity contribution in [3.63, 3.8) is 0 Å². The number of hydrogen-bond acceptors (Lipinski definition) is 7. The lowest BCUT2D eigenvalue weighted by Gasteiger charge is -2.25. The number of benzene rings is 1. The van der Waals surface area contributed by atoms with E-state index in [1.165, 1.54) is 32.0 Å². The molecule has 0 saturated carbocycles. The molecule has 0 radical (unpaired) electrons. The largest absolute Gasteiger partial charge is 0.480 e. The number of carboxylic acids is 1. The zero-order valence-electron chi connectivity index (χ0n) is 13.0. The number of nitrogens with one attached hydrogen (secondary N) is 1. The monoisotopic (exact) mass is 356 g/mol. The van der Waals surface area contributed by atoms with E-state index in [9.17, 15) is 23.1 Å². The normalized spacial score (nSPS) is 13.1. The van der Waals surface area contributed by atoms with Crippen LogP contribution in [0.3, 0.4) is 0 Å². The average molecular weight is 356 g/mol. The number of carbonyl (C=O) groups is 2. The third-order valence-corrected chi connectivity index (χ3v) is 5.33. The second-order valence-corrected chi connectivity index (χ2v) is 6.86. The Kier molecular flexibility index (Phi) is 5.14. The molecule has 2 rings (SSSR count). The second-order valence-electron chi connectivity index (χ2n) is 5.00. The second kappa shape index (κ2) is 6.93. The number of carboxylic acid groups (broad SMARTS) is 1. The van der Waals surface area contributed by atoms with E-state index in [-0.39, 0.29) is 34.9 Å². The summed E-state index contributed by atoms with van der Waals surface area (Å²) in [5, 5.41) is 18.8. The van der Waals surface area contributed by atoms with Gasteiger partial charge in [-0.25, -0.2) is 13.0 Å². The molecule has 24 heavy (non-hydrogen) atoms. The summed E-state index contributed by atoms with van der Waals surface area (Å²) in [5.41, 5.74) is 0.250. The summed E-state index contributed by atoms with van der Waals surface area (Å²) in [7, 11) is -4.20. The quantitative estimate of drug-likeness (QED) is 0.695. The molecule has 0 fully saturated rings. The fourth-order valence-electron chi connectivity index (χ4n) is 2.10. The van der Waals surface area contributed by atoms with Gasteiger partial charge in [0.2, 0.25) is 15.9 Å². The SMILES string of the molecule is CC(=O)NCCN(C(C)C(=O)O)S(=O)(=O)c1cccc2nonc12. The minimum atomic E-state index is -4.20. The van der Waals surface area contributed by atoms with Gasteiger partial charge in [0.05, 0.1) is 0 Å². The van der Waals surface area contributed by atoms with Gasteiger partial charge in [-0.1, -0.05) is 6.07 Å². The van der Waals surface area contributed by atoms with Crippen LogP contribution in [-0.2, 0) is 19.6 Å². The third-order valence-electron chi connectivity index (χ3n) is 3.33. The summed E-state index contributed by atoms with van der Waals surface area (Å²) in [4.78, 5) is 22.0. The van der Waals surface area contributed by atoms with E-state index in [2.05, 4.69) is 20.3 Å². The first-order valence-corrected chi connectivity index (χ1v) is 8.39. The lowest BCUT2D eigenvalue weighted by atomic mass is 10.3. The predicted molar refractivity (Wildman–Crippen MR) is 81.5 cm³/mol. The first-order chi connectivity index (χ1) is 11.2. The van der Waals surface area contributed by atoms with Crippen LogP contribution in [0.15, 0.2) is 27.7 Å². The van der Waals surface area contributed by atoms with Crippen LogP contribution in [0.2, 0.25) is 0 Å². The summed E-state index contributed by atoms with van der Waals surface area (Å²) >= 11 is 0. The molecule has 1 unspecified atom stereocenters. The Morgan fingerprint density at radius 1 is 1.38 bits per heavy atom. The Balaban J connectivity index is 2.44. The van der Waals surface area contributed by atoms with E-state index in [1.807, 2.05) is 0 Å². The van der Waals surface area contributed by atoms with Crippen molar-refractivity contribution in [3.05, 3.63) is 18.2 Å². The zero-order valence-corrected chi connectivity index (χ0v) is 13.8. The lowest BCUT2D eigenvalue weighted by Crippen LogP contribution is -2.46. The molecule has 1 aromatic carbocycles. The van der Waals surface area contributed by atoms with Crippen molar-refractivity contribution < 1.29 is 27.7 Å². The van der Waals surface area contributed by atoms with Gasteiger partial charge in [-0.05, 0) is 29.4 Å². The fourth-order valence-corrected chi connectivity index (χ4v) is 3.83. The number of aliphatic carboxylic acids is 1. The van der Waals surface area contributed by atoms with E-state index in [0.29, 0.717) is 0 Å². The number of nitrogens with zero attached hydrogens (tertiary/aromatic N) is 3. The van der Waals surface area contributed by atoms with Crippen molar-refractivity contribution >= 4 is 32.9 Å².